The summed E-state index contributed by atoms with van der Waals surface area (Å²) in [5.74, 6) is -0.309. The summed E-state index contributed by atoms with van der Waals surface area (Å²) < 4.78 is 13.6. The van der Waals surface area contributed by atoms with E-state index < -0.39 is 5.82 Å². The highest BCUT2D eigenvalue weighted by Gasteiger charge is 2.25. The Hall–Kier alpha value is -0.900. The molecule has 1 aliphatic carbocycles. The molecule has 1 aromatic carbocycles. The monoisotopic (exact) mass is 313 g/mol. The molecule has 0 aromatic heterocycles. The van der Waals surface area contributed by atoms with Gasteiger partial charge in [0.25, 0.3) is 5.91 Å². The van der Waals surface area contributed by atoms with Gasteiger partial charge in [-0.1, -0.05) is 28.4 Å². The molecule has 1 amide bonds. The maximum Gasteiger partial charge on any atom is 0.254 e. The van der Waals surface area contributed by atoms with E-state index in [2.05, 4.69) is 21.2 Å². The first kappa shape index (κ1) is 13.5. The third-order valence-electron chi connectivity index (χ3n) is 3.46. The van der Waals surface area contributed by atoms with Gasteiger partial charge in [-0.3, -0.25) is 4.79 Å². The molecule has 1 aromatic rings. The van der Waals surface area contributed by atoms with Crippen LogP contribution in [-0.2, 0) is 0 Å². The van der Waals surface area contributed by atoms with Crippen LogP contribution in [0.4, 0.5) is 4.39 Å². The van der Waals surface area contributed by atoms with Crippen molar-refractivity contribution in [3.05, 3.63) is 35.1 Å². The molecule has 1 N–H and O–H groups in total. The molecule has 1 aliphatic rings. The van der Waals surface area contributed by atoms with E-state index in [1.807, 2.05) is 0 Å². The van der Waals surface area contributed by atoms with E-state index in [9.17, 15) is 9.18 Å². The molecule has 2 rings (SSSR count). The fraction of sp³-hybridized carbons (Fsp3) is 0.500. The normalized spacial score (nSPS) is 23.1. The Morgan fingerprint density at radius 3 is 2.89 bits per heavy atom. The SMILES string of the molecule is Cc1ccc(C(=O)NCC2CCCC2Br)c(F)c1. The maximum absolute atomic E-state index is 13.6. The number of benzene rings is 1. The molecule has 2 nitrogen and oxygen atoms in total. The Bertz CT molecular complexity index is 449. The van der Waals surface area contributed by atoms with E-state index in [1.54, 1.807) is 19.1 Å². The molecule has 2 atom stereocenters. The van der Waals surface area contributed by atoms with Crippen LogP contribution < -0.4 is 5.32 Å². The zero-order chi connectivity index (χ0) is 13.1. The van der Waals surface area contributed by atoms with Gasteiger partial charge in [-0.05, 0) is 43.4 Å². The van der Waals surface area contributed by atoms with Crippen molar-refractivity contribution in [3.8, 4) is 0 Å². The van der Waals surface area contributed by atoms with E-state index in [1.165, 1.54) is 12.5 Å². The Morgan fingerprint density at radius 1 is 1.50 bits per heavy atom. The van der Waals surface area contributed by atoms with E-state index in [0.717, 1.165) is 18.4 Å². The Labute approximate surface area is 115 Å². The standard InChI is InChI=1S/C14H17BrFNO/c1-9-5-6-11(13(16)7-9)14(18)17-8-10-3-2-4-12(10)15/h5-7,10,12H,2-4,8H2,1H3,(H,17,18). The lowest BCUT2D eigenvalue weighted by molar-refractivity contribution is 0.0944. The number of halogens is 2. The van der Waals surface area contributed by atoms with Gasteiger partial charge in [-0.25, -0.2) is 4.39 Å². The van der Waals surface area contributed by atoms with Gasteiger partial charge >= 0.3 is 0 Å². The minimum absolute atomic E-state index is 0.129. The van der Waals surface area contributed by atoms with Crippen molar-refractivity contribution in [2.45, 2.75) is 31.0 Å². The summed E-state index contributed by atoms with van der Waals surface area (Å²) in [7, 11) is 0. The van der Waals surface area contributed by atoms with Gasteiger partial charge in [0.1, 0.15) is 5.82 Å². The lowest BCUT2D eigenvalue weighted by atomic mass is 10.1. The molecule has 0 bridgehead atoms. The number of carbonyl (C=O) groups excluding carboxylic acids is 1. The van der Waals surface area contributed by atoms with Crippen molar-refractivity contribution in [3.63, 3.8) is 0 Å². The van der Waals surface area contributed by atoms with Gasteiger partial charge in [0.05, 0.1) is 5.56 Å². The van der Waals surface area contributed by atoms with Crippen LogP contribution in [-0.4, -0.2) is 17.3 Å². The number of aryl methyl sites for hydroxylation is 1. The fourth-order valence-electron chi connectivity index (χ4n) is 2.34. The lowest BCUT2D eigenvalue weighted by Gasteiger charge is -2.15. The van der Waals surface area contributed by atoms with Crippen molar-refractivity contribution in [2.75, 3.05) is 6.54 Å². The molecule has 0 aliphatic heterocycles. The van der Waals surface area contributed by atoms with Crippen LogP contribution >= 0.6 is 15.9 Å². The third-order valence-corrected chi connectivity index (χ3v) is 4.67. The smallest absolute Gasteiger partial charge is 0.254 e. The van der Waals surface area contributed by atoms with Crippen LogP contribution in [0.1, 0.15) is 35.2 Å². The van der Waals surface area contributed by atoms with Crippen LogP contribution in [0.15, 0.2) is 18.2 Å². The number of hydrogen-bond acceptors (Lipinski definition) is 1. The molecule has 1 saturated carbocycles. The van der Waals surface area contributed by atoms with E-state index in [4.69, 9.17) is 0 Å². The topological polar surface area (TPSA) is 29.1 Å². The van der Waals surface area contributed by atoms with E-state index >= 15 is 0 Å². The zero-order valence-electron chi connectivity index (χ0n) is 10.4. The molecular weight excluding hydrogens is 297 g/mol. The predicted molar refractivity (Wildman–Crippen MR) is 73.5 cm³/mol. The highest BCUT2D eigenvalue weighted by Crippen LogP contribution is 2.30. The second-order valence-electron chi connectivity index (χ2n) is 4.90. The molecule has 0 saturated heterocycles. The van der Waals surface area contributed by atoms with Crippen LogP contribution in [0.25, 0.3) is 0 Å². The number of rotatable bonds is 3. The van der Waals surface area contributed by atoms with Crippen molar-refractivity contribution >= 4 is 21.8 Å². The number of alkyl halides is 1. The summed E-state index contributed by atoms with van der Waals surface area (Å²) >= 11 is 3.61. The van der Waals surface area contributed by atoms with Gasteiger partial charge in [-0.15, -0.1) is 0 Å². The predicted octanol–water partition coefficient (Wildman–Crippen LogP) is 3.43. The van der Waals surface area contributed by atoms with Gasteiger partial charge in [0.15, 0.2) is 0 Å². The Kier molecular flexibility index (Phi) is 4.38. The van der Waals surface area contributed by atoms with Crippen LogP contribution in [0, 0.1) is 18.7 Å². The molecule has 4 heteroatoms. The first-order valence-electron chi connectivity index (χ1n) is 6.26. The van der Waals surface area contributed by atoms with Crippen molar-refractivity contribution < 1.29 is 9.18 Å². The first-order valence-corrected chi connectivity index (χ1v) is 7.18. The largest absolute Gasteiger partial charge is 0.352 e. The van der Waals surface area contributed by atoms with Crippen molar-refractivity contribution in [1.82, 2.24) is 5.32 Å². The summed E-state index contributed by atoms with van der Waals surface area (Å²) in [6, 6.07) is 4.68. The highest BCUT2D eigenvalue weighted by molar-refractivity contribution is 9.09. The third kappa shape index (κ3) is 3.10. The second-order valence-corrected chi connectivity index (χ2v) is 6.08. The van der Waals surface area contributed by atoms with Crippen molar-refractivity contribution in [1.29, 1.82) is 0 Å². The molecule has 98 valence electrons. The minimum atomic E-state index is -0.450. The molecule has 0 radical (unpaired) electrons. The van der Waals surface area contributed by atoms with Crippen molar-refractivity contribution in [2.24, 2.45) is 5.92 Å². The van der Waals surface area contributed by atoms with Crippen LogP contribution in [0.2, 0.25) is 0 Å². The van der Waals surface area contributed by atoms with E-state index in [-0.39, 0.29) is 11.5 Å². The lowest BCUT2D eigenvalue weighted by Crippen LogP contribution is -2.31. The summed E-state index contributed by atoms with van der Waals surface area (Å²) in [5, 5.41) is 2.82. The number of carbonyl (C=O) groups is 1. The Balaban J connectivity index is 1.95. The minimum Gasteiger partial charge on any atom is -0.352 e. The highest BCUT2D eigenvalue weighted by atomic mass is 79.9. The zero-order valence-corrected chi connectivity index (χ0v) is 12.0. The second kappa shape index (κ2) is 5.83. The molecule has 0 spiro atoms. The molecule has 2 unspecified atom stereocenters. The molecule has 1 fully saturated rings. The summed E-state index contributed by atoms with van der Waals surface area (Å²) in [6.45, 7) is 2.42. The maximum atomic E-state index is 13.6. The number of nitrogens with one attached hydrogen (secondary N) is 1. The first-order chi connectivity index (χ1) is 8.58. The van der Waals surface area contributed by atoms with E-state index in [0.29, 0.717) is 17.3 Å². The number of amides is 1. The quantitative estimate of drug-likeness (QED) is 0.851. The summed E-state index contributed by atoms with van der Waals surface area (Å²) in [4.78, 5) is 12.3. The Morgan fingerprint density at radius 2 is 2.28 bits per heavy atom. The number of hydrogen-bond donors (Lipinski definition) is 1. The van der Waals surface area contributed by atoms with Gasteiger partial charge in [0.2, 0.25) is 0 Å². The molecule has 18 heavy (non-hydrogen) atoms. The van der Waals surface area contributed by atoms with Gasteiger partial charge < -0.3 is 5.32 Å². The van der Waals surface area contributed by atoms with Gasteiger partial charge in [0, 0.05) is 11.4 Å². The average molecular weight is 314 g/mol. The molecule has 0 heterocycles. The fourth-order valence-corrected chi connectivity index (χ4v) is 3.12. The van der Waals surface area contributed by atoms with Crippen LogP contribution in [0.3, 0.4) is 0 Å². The molecular formula is C14H17BrFNO. The van der Waals surface area contributed by atoms with Gasteiger partial charge in [-0.2, -0.15) is 0 Å². The average Bonchev–Trinajstić information content (AvgIpc) is 2.72. The summed E-state index contributed by atoms with van der Waals surface area (Å²) in [6.07, 6.45) is 3.46. The summed E-state index contributed by atoms with van der Waals surface area (Å²) in [5.41, 5.74) is 0.949. The van der Waals surface area contributed by atoms with Crippen LogP contribution in [0.5, 0.6) is 0 Å².